The van der Waals surface area contributed by atoms with Crippen molar-refractivity contribution in [3.8, 4) is 5.75 Å². The van der Waals surface area contributed by atoms with Gasteiger partial charge in [-0.05, 0) is 36.4 Å². The molecule has 2 heterocycles. The largest absolute Gasteiger partial charge is 0.486 e. The first-order chi connectivity index (χ1) is 13.2. The molecule has 28 heavy (non-hydrogen) atoms. The van der Waals surface area contributed by atoms with Gasteiger partial charge in [0.1, 0.15) is 24.7 Å². The van der Waals surface area contributed by atoms with E-state index in [4.69, 9.17) is 16.3 Å². The van der Waals surface area contributed by atoms with Gasteiger partial charge < -0.3 is 19.9 Å². The predicted octanol–water partition coefficient (Wildman–Crippen LogP) is 3.03. The van der Waals surface area contributed by atoms with Gasteiger partial charge in [-0.2, -0.15) is 0 Å². The number of para-hydroxylation sites is 2. The standard InChI is InChI=1S/C20H21ClN4O2.ClH/c21-15-5-7-16(8-6-15)27-13-19-24-17-3-1-2-4-18(17)25(19)12-20(26)23-11-14-9-22-10-14;/h1-8,14,22H,9-13H2,(H,23,26);1H. The molecule has 6 nitrogen and oxygen atoms in total. The van der Waals surface area contributed by atoms with E-state index in [0.29, 0.717) is 29.1 Å². The van der Waals surface area contributed by atoms with Gasteiger partial charge in [-0.25, -0.2) is 4.98 Å². The van der Waals surface area contributed by atoms with E-state index in [1.165, 1.54) is 0 Å². The van der Waals surface area contributed by atoms with Crippen LogP contribution in [0.15, 0.2) is 48.5 Å². The van der Waals surface area contributed by atoms with Crippen molar-refractivity contribution < 1.29 is 9.53 Å². The van der Waals surface area contributed by atoms with Crippen molar-refractivity contribution in [2.75, 3.05) is 19.6 Å². The Morgan fingerprint density at radius 1 is 1.21 bits per heavy atom. The van der Waals surface area contributed by atoms with Crippen molar-refractivity contribution in [3.05, 3.63) is 59.4 Å². The van der Waals surface area contributed by atoms with Crippen LogP contribution in [-0.2, 0) is 17.9 Å². The van der Waals surface area contributed by atoms with Gasteiger partial charge in [-0.3, -0.25) is 4.79 Å². The third kappa shape index (κ3) is 4.76. The molecule has 0 bridgehead atoms. The number of halogens is 2. The molecule has 1 aromatic heterocycles. The van der Waals surface area contributed by atoms with Crippen molar-refractivity contribution in [2.45, 2.75) is 13.2 Å². The molecule has 3 aromatic rings. The van der Waals surface area contributed by atoms with Crippen LogP contribution in [-0.4, -0.2) is 35.1 Å². The molecule has 1 fully saturated rings. The van der Waals surface area contributed by atoms with Gasteiger partial charge in [0, 0.05) is 30.6 Å². The van der Waals surface area contributed by atoms with Gasteiger partial charge in [0.25, 0.3) is 0 Å². The fourth-order valence-electron chi connectivity index (χ4n) is 3.04. The zero-order chi connectivity index (χ0) is 18.6. The normalized spacial score (nSPS) is 13.6. The summed E-state index contributed by atoms with van der Waals surface area (Å²) < 4.78 is 7.76. The van der Waals surface area contributed by atoms with Gasteiger partial charge in [0.2, 0.25) is 5.91 Å². The van der Waals surface area contributed by atoms with Gasteiger partial charge in [0.15, 0.2) is 0 Å². The number of fused-ring (bicyclic) bond motifs is 1. The molecule has 0 radical (unpaired) electrons. The summed E-state index contributed by atoms with van der Waals surface area (Å²) in [5.74, 6) is 1.94. The van der Waals surface area contributed by atoms with Gasteiger partial charge in [0.05, 0.1) is 11.0 Å². The minimum atomic E-state index is -0.0159. The fourth-order valence-corrected chi connectivity index (χ4v) is 3.17. The smallest absolute Gasteiger partial charge is 0.240 e. The number of nitrogens with one attached hydrogen (secondary N) is 2. The van der Waals surface area contributed by atoms with Crippen LogP contribution in [0.2, 0.25) is 5.02 Å². The van der Waals surface area contributed by atoms with Crippen molar-refractivity contribution in [2.24, 2.45) is 5.92 Å². The van der Waals surface area contributed by atoms with E-state index >= 15 is 0 Å². The van der Waals surface area contributed by atoms with Crippen molar-refractivity contribution in [3.63, 3.8) is 0 Å². The number of amides is 1. The summed E-state index contributed by atoms with van der Waals surface area (Å²) in [4.78, 5) is 17.1. The summed E-state index contributed by atoms with van der Waals surface area (Å²) in [5.41, 5.74) is 1.77. The summed E-state index contributed by atoms with van der Waals surface area (Å²) >= 11 is 5.91. The molecule has 0 saturated carbocycles. The highest BCUT2D eigenvalue weighted by atomic mass is 35.5. The van der Waals surface area contributed by atoms with E-state index in [0.717, 1.165) is 24.1 Å². The molecule has 0 aliphatic carbocycles. The van der Waals surface area contributed by atoms with Gasteiger partial charge in [-0.15, -0.1) is 12.4 Å². The highest BCUT2D eigenvalue weighted by molar-refractivity contribution is 6.30. The predicted molar refractivity (Wildman–Crippen MR) is 112 cm³/mol. The number of nitrogens with zero attached hydrogens (tertiary/aromatic N) is 2. The molecule has 0 unspecified atom stereocenters. The average molecular weight is 421 g/mol. The molecule has 8 heteroatoms. The van der Waals surface area contributed by atoms with Crippen molar-refractivity contribution in [1.82, 2.24) is 20.2 Å². The van der Waals surface area contributed by atoms with Crippen molar-refractivity contribution >= 4 is 40.9 Å². The Hall–Kier alpha value is -2.28. The maximum absolute atomic E-state index is 12.4. The first-order valence-electron chi connectivity index (χ1n) is 8.99. The number of imidazole rings is 1. The molecule has 4 rings (SSSR count). The second-order valence-electron chi connectivity index (χ2n) is 6.67. The maximum atomic E-state index is 12.4. The van der Waals surface area contributed by atoms with E-state index in [1.54, 1.807) is 12.1 Å². The Labute approximate surface area is 174 Å². The van der Waals surface area contributed by atoms with Crippen molar-refractivity contribution in [1.29, 1.82) is 0 Å². The molecular weight excluding hydrogens is 399 g/mol. The maximum Gasteiger partial charge on any atom is 0.240 e. The monoisotopic (exact) mass is 420 g/mol. The first kappa shape index (κ1) is 20.5. The molecule has 148 valence electrons. The molecule has 2 aromatic carbocycles. The second kappa shape index (κ2) is 9.28. The summed E-state index contributed by atoms with van der Waals surface area (Å²) in [6, 6.07) is 15.0. The van der Waals surface area contributed by atoms with Gasteiger partial charge >= 0.3 is 0 Å². The number of carbonyl (C=O) groups excluding carboxylic acids is 1. The highest BCUT2D eigenvalue weighted by Gasteiger charge is 2.18. The number of aromatic nitrogens is 2. The lowest BCUT2D eigenvalue weighted by atomic mass is 10.0. The molecule has 0 atom stereocenters. The Morgan fingerprint density at radius 3 is 2.68 bits per heavy atom. The lowest BCUT2D eigenvalue weighted by Crippen LogP contribution is -2.48. The van der Waals surface area contributed by atoms with E-state index in [1.807, 2.05) is 41.0 Å². The van der Waals surface area contributed by atoms with E-state index in [2.05, 4.69) is 15.6 Å². The Kier molecular flexibility index (Phi) is 6.78. The van der Waals surface area contributed by atoms with Crippen LogP contribution in [0.4, 0.5) is 0 Å². The summed E-state index contributed by atoms with van der Waals surface area (Å²) in [7, 11) is 0. The number of carbonyl (C=O) groups is 1. The third-order valence-corrected chi connectivity index (χ3v) is 4.92. The van der Waals surface area contributed by atoms with Crippen LogP contribution < -0.4 is 15.4 Å². The van der Waals surface area contributed by atoms with Crippen LogP contribution in [0, 0.1) is 5.92 Å². The Morgan fingerprint density at radius 2 is 1.96 bits per heavy atom. The number of ether oxygens (including phenoxy) is 1. The number of benzene rings is 2. The van der Waals surface area contributed by atoms with Gasteiger partial charge in [-0.1, -0.05) is 23.7 Å². The first-order valence-corrected chi connectivity index (χ1v) is 9.37. The highest BCUT2D eigenvalue weighted by Crippen LogP contribution is 2.20. The Bertz CT molecular complexity index is 939. The van der Waals surface area contributed by atoms with E-state index in [-0.39, 0.29) is 31.5 Å². The molecule has 2 N–H and O–H groups in total. The minimum absolute atomic E-state index is 0. The Balaban J connectivity index is 0.00000225. The quantitative estimate of drug-likeness (QED) is 0.616. The summed E-state index contributed by atoms with van der Waals surface area (Å²) in [6.07, 6.45) is 0. The molecule has 1 saturated heterocycles. The molecular formula is C20H22Cl2N4O2. The molecule has 1 amide bonds. The third-order valence-electron chi connectivity index (χ3n) is 4.67. The molecule has 1 aliphatic heterocycles. The SMILES string of the molecule is Cl.O=C(Cn1c(COc2ccc(Cl)cc2)nc2ccccc21)NCC1CNC1. The summed E-state index contributed by atoms with van der Waals surface area (Å²) in [5, 5.41) is 6.88. The lowest BCUT2D eigenvalue weighted by molar-refractivity contribution is -0.121. The zero-order valence-electron chi connectivity index (χ0n) is 15.2. The van der Waals surface area contributed by atoms with Crippen LogP contribution in [0.25, 0.3) is 11.0 Å². The zero-order valence-corrected chi connectivity index (χ0v) is 16.8. The summed E-state index contributed by atoms with van der Waals surface area (Å²) in [6.45, 7) is 3.13. The number of hydrogen-bond donors (Lipinski definition) is 2. The number of rotatable bonds is 7. The van der Waals surface area contributed by atoms with E-state index in [9.17, 15) is 4.79 Å². The molecule has 1 aliphatic rings. The second-order valence-corrected chi connectivity index (χ2v) is 7.11. The molecule has 0 spiro atoms. The average Bonchev–Trinajstić information content (AvgIpc) is 2.98. The van der Waals surface area contributed by atoms with Crippen LogP contribution in [0.5, 0.6) is 5.75 Å². The minimum Gasteiger partial charge on any atom is -0.486 e. The fraction of sp³-hybridized carbons (Fsp3) is 0.300. The van der Waals surface area contributed by atoms with Crippen LogP contribution in [0.1, 0.15) is 5.82 Å². The van der Waals surface area contributed by atoms with Crippen LogP contribution in [0.3, 0.4) is 0 Å². The van der Waals surface area contributed by atoms with Crippen LogP contribution >= 0.6 is 24.0 Å². The lowest BCUT2D eigenvalue weighted by Gasteiger charge is -2.27. The van der Waals surface area contributed by atoms with E-state index < -0.39 is 0 Å². The number of hydrogen-bond acceptors (Lipinski definition) is 4. The topological polar surface area (TPSA) is 68.2 Å².